The molecule has 3 aromatic carbocycles. The number of rotatable bonds is 11. The third-order valence-electron chi connectivity index (χ3n) is 5.57. The molecule has 8 nitrogen and oxygen atoms in total. The number of para-hydroxylation sites is 1. The van der Waals surface area contributed by atoms with Gasteiger partial charge in [0.2, 0.25) is 0 Å². The van der Waals surface area contributed by atoms with E-state index >= 15 is 0 Å². The van der Waals surface area contributed by atoms with Crippen molar-refractivity contribution in [1.82, 2.24) is 20.5 Å². The molecule has 38 heavy (non-hydrogen) atoms. The highest BCUT2D eigenvalue weighted by Gasteiger charge is 2.12. The zero-order valence-electron chi connectivity index (χ0n) is 20.9. The Morgan fingerprint density at radius 1 is 1.03 bits per heavy atom. The number of nitrogens with one attached hydrogen (secondary N) is 2. The molecule has 2 N–H and O–H groups in total. The number of hydrogen-bond acceptors (Lipinski definition) is 5. The number of unbranched alkanes of at least 4 members (excludes halogenated alkanes) is 1. The van der Waals surface area contributed by atoms with Crippen LogP contribution in [0.5, 0.6) is 5.75 Å². The van der Waals surface area contributed by atoms with E-state index in [-0.39, 0.29) is 12.5 Å². The summed E-state index contributed by atoms with van der Waals surface area (Å²) < 4.78 is 8.34. The van der Waals surface area contributed by atoms with Crippen molar-refractivity contribution in [3.8, 4) is 22.7 Å². The molecule has 0 bridgehead atoms. The molecule has 0 unspecified atom stereocenters. The second kappa shape index (κ2) is 13.3. The first-order valence-corrected chi connectivity index (χ1v) is 13.1. The average Bonchev–Trinajstić information content (AvgIpc) is 3.37. The molecule has 0 spiro atoms. The maximum Gasteiger partial charge on any atom is 0.259 e. The van der Waals surface area contributed by atoms with Gasteiger partial charge in [0.25, 0.3) is 11.8 Å². The van der Waals surface area contributed by atoms with Crippen molar-refractivity contribution >= 4 is 34.0 Å². The van der Waals surface area contributed by atoms with Gasteiger partial charge in [-0.05, 0) is 55.0 Å². The lowest BCUT2D eigenvalue weighted by atomic mass is 10.1. The summed E-state index contributed by atoms with van der Waals surface area (Å²) in [6.07, 6.45) is 5.41. The molecule has 4 aromatic rings. The molecule has 0 atom stereocenters. The molecule has 1 aromatic heterocycles. The number of ether oxygens (including phenoxy) is 1. The van der Waals surface area contributed by atoms with Crippen LogP contribution in [-0.2, 0) is 4.79 Å². The summed E-state index contributed by atoms with van der Waals surface area (Å²) >= 11 is 3.46. The summed E-state index contributed by atoms with van der Waals surface area (Å²) in [5, 5.41) is 11.4. The van der Waals surface area contributed by atoms with E-state index in [0.717, 1.165) is 39.8 Å². The SMILES string of the molecule is CCCCOc1ccc(C(=O)NCC(=O)N/N=C\c2cn(-c3ccccc3)nc2-c2ccc(Br)cc2)cc1. The van der Waals surface area contributed by atoms with Crippen LogP contribution in [0.25, 0.3) is 16.9 Å². The number of halogens is 1. The van der Waals surface area contributed by atoms with Crippen LogP contribution in [0.3, 0.4) is 0 Å². The van der Waals surface area contributed by atoms with Crippen LogP contribution in [0.1, 0.15) is 35.7 Å². The lowest BCUT2D eigenvalue weighted by Gasteiger charge is -2.07. The fourth-order valence-electron chi connectivity index (χ4n) is 3.54. The lowest BCUT2D eigenvalue weighted by Crippen LogP contribution is -2.34. The van der Waals surface area contributed by atoms with Crippen molar-refractivity contribution < 1.29 is 14.3 Å². The lowest BCUT2D eigenvalue weighted by molar-refractivity contribution is -0.120. The topological polar surface area (TPSA) is 97.6 Å². The summed E-state index contributed by atoms with van der Waals surface area (Å²) in [4.78, 5) is 24.7. The molecule has 0 aliphatic heterocycles. The van der Waals surface area contributed by atoms with Gasteiger partial charge in [0.05, 0.1) is 25.1 Å². The molecule has 194 valence electrons. The van der Waals surface area contributed by atoms with Crippen LogP contribution in [0.2, 0.25) is 0 Å². The second-order valence-electron chi connectivity index (χ2n) is 8.42. The van der Waals surface area contributed by atoms with Crippen LogP contribution in [0.4, 0.5) is 0 Å². The molecule has 0 saturated carbocycles. The van der Waals surface area contributed by atoms with Gasteiger partial charge in [-0.2, -0.15) is 10.2 Å². The quantitative estimate of drug-likeness (QED) is 0.143. The van der Waals surface area contributed by atoms with E-state index in [1.54, 1.807) is 35.2 Å². The van der Waals surface area contributed by atoms with Gasteiger partial charge in [0.15, 0.2) is 0 Å². The number of aromatic nitrogens is 2. The van der Waals surface area contributed by atoms with Crippen LogP contribution in [0, 0.1) is 0 Å². The zero-order valence-corrected chi connectivity index (χ0v) is 22.5. The molecule has 0 saturated heterocycles. The Morgan fingerprint density at radius 3 is 2.47 bits per heavy atom. The van der Waals surface area contributed by atoms with Gasteiger partial charge in [0.1, 0.15) is 11.4 Å². The van der Waals surface area contributed by atoms with E-state index in [4.69, 9.17) is 9.84 Å². The number of hydrogen-bond donors (Lipinski definition) is 2. The average molecular weight is 574 g/mol. The minimum Gasteiger partial charge on any atom is -0.494 e. The number of hydrazone groups is 1. The van der Waals surface area contributed by atoms with Gasteiger partial charge in [-0.3, -0.25) is 9.59 Å². The van der Waals surface area contributed by atoms with Gasteiger partial charge in [-0.1, -0.05) is 59.6 Å². The second-order valence-corrected chi connectivity index (χ2v) is 9.34. The summed E-state index contributed by atoms with van der Waals surface area (Å²) in [6, 6.07) is 24.3. The number of carbonyl (C=O) groups is 2. The molecule has 1 heterocycles. The predicted octanol–water partition coefficient (Wildman–Crippen LogP) is 5.36. The Bertz CT molecular complexity index is 1380. The number of amides is 2. The third kappa shape index (κ3) is 7.39. The summed E-state index contributed by atoms with van der Waals surface area (Å²) in [7, 11) is 0. The Kier molecular flexibility index (Phi) is 9.42. The minimum absolute atomic E-state index is 0.215. The van der Waals surface area contributed by atoms with E-state index in [0.29, 0.717) is 17.9 Å². The van der Waals surface area contributed by atoms with Gasteiger partial charge >= 0.3 is 0 Å². The largest absolute Gasteiger partial charge is 0.494 e. The minimum atomic E-state index is -0.449. The highest BCUT2D eigenvalue weighted by atomic mass is 79.9. The van der Waals surface area contributed by atoms with Gasteiger partial charge in [-0.15, -0.1) is 0 Å². The summed E-state index contributed by atoms with van der Waals surface area (Å²) in [5.74, 6) is -0.0964. The molecule has 4 rings (SSSR count). The number of nitrogens with zero attached hydrogens (tertiary/aromatic N) is 3. The normalized spacial score (nSPS) is 10.9. The fourth-order valence-corrected chi connectivity index (χ4v) is 3.80. The van der Waals surface area contributed by atoms with E-state index in [9.17, 15) is 9.59 Å². The van der Waals surface area contributed by atoms with Crippen molar-refractivity contribution in [2.45, 2.75) is 19.8 Å². The highest BCUT2D eigenvalue weighted by molar-refractivity contribution is 9.10. The maximum atomic E-state index is 12.4. The van der Waals surface area contributed by atoms with Crippen molar-refractivity contribution in [3.63, 3.8) is 0 Å². The molecular formula is C29H28BrN5O3. The van der Waals surface area contributed by atoms with Crippen molar-refractivity contribution in [2.24, 2.45) is 5.10 Å². The molecular weight excluding hydrogens is 546 g/mol. The van der Waals surface area contributed by atoms with Crippen molar-refractivity contribution in [1.29, 1.82) is 0 Å². The van der Waals surface area contributed by atoms with E-state index in [1.807, 2.05) is 60.8 Å². The highest BCUT2D eigenvalue weighted by Crippen LogP contribution is 2.24. The molecule has 9 heteroatoms. The molecule has 0 aliphatic carbocycles. The molecule has 0 fully saturated rings. The molecule has 2 amide bonds. The van der Waals surface area contributed by atoms with Crippen LogP contribution >= 0.6 is 15.9 Å². The Morgan fingerprint density at radius 2 is 1.76 bits per heavy atom. The predicted molar refractivity (Wildman–Crippen MR) is 152 cm³/mol. The van der Waals surface area contributed by atoms with Crippen molar-refractivity contribution in [2.75, 3.05) is 13.2 Å². The zero-order chi connectivity index (χ0) is 26.7. The molecule has 0 aliphatic rings. The van der Waals surface area contributed by atoms with Crippen LogP contribution in [0.15, 0.2) is 94.6 Å². The van der Waals surface area contributed by atoms with E-state index in [1.165, 1.54) is 0 Å². The van der Waals surface area contributed by atoms with Crippen LogP contribution in [-0.4, -0.2) is 41.0 Å². The molecule has 0 radical (unpaired) electrons. The standard InChI is InChI=1S/C29H28BrN5O3/c1-2-3-17-38-26-15-11-22(12-16-26)29(37)31-19-27(36)33-32-18-23-20-35(25-7-5-4-6-8-25)34-28(23)21-9-13-24(30)14-10-21/h4-16,18,20H,2-3,17,19H2,1H3,(H,31,37)(H,33,36)/b32-18-. The van der Waals surface area contributed by atoms with Gasteiger partial charge < -0.3 is 10.1 Å². The Hall–Kier alpha value is -4.24. The number of carbonyl (C=O) groups excluding carboxylic acids is 2. The third-order valence-corrected chi connectivity index (χ3v) is 6.10. The van der Waals surface area contributed by atoms with Gasteiger partial charge in [-0.25, -0.2) is 10.1 Å². The first-order valence-electron chi connectivity index (χ1n) is 12.3. The Labute approximate surface area is 229 Å². The monoisotopic (exact) mass is 573 g/mol. The van der Waals surface area contributed by atoms with E-state index in [2.05, 4.69) is 38.7 Å². The smallest absolute Gasteiger partial charge is 0.259 e. The summed E-state index contributed by atoms with van der Waals surface area (Å²) in [5.41, 5.74) is 6.15. The first kappa shape index (κ1) is 26.8. The Balaban J connectivity index is 1.36. The maximum absolute atomic E-state index is 12.4. The van der Waals surface area contributed by atoms with Gasteiger partial charge in [0, 0.05) is 27.4 Å². The fraction of sp³-hybridized carbons (Fsp3) is 0.172. The van der Waals surface area contributed by atoms with E-state index < -0.39 is 5.91 Å². The van der Waals surface area contributed by atoms with Crippen LogP contribution < -0.4 is 15.5 Å². The number of benzene rings is 3. The summed E-state index contributed by atoms with van der Waals surface area (Å²) in [6.45, 7) is 2.52. The first-order chi connectivity index (χ1) is 18.5. The van der Waals surface area contributed by atoms with Crippen molar-refractivity contribution in [3.05, 3.63) is 101 Å².